The smallest absolute Gasteiger partial charge is 0.184 e. The molecule has 3 aromatic carbocycles. The van der Waals surface area contributed by atoms with E-state index in [4.69, 9.17) is 4.74 Å². The number of anilines is 1. The molecular formula is C23H18BrFN2O2S. The molecule has 30 heavy (non-hydrogen) atoms. The van der Waals surface area contributed by atoms with Gasteiger partial charge in [-0.15, -0.1) is 0 Å². The van der Waals surface area contributed by atoms with Crippen LogP contribution in [0.15, 0.2) is 71.2 Å². The van der Waals surface area contributed by atoms with Crippen molar-refractivity contribution in [2.24, 2.45) is 0 Å². The first-order chi connectivity index (χ1) is 14.5. The van der Waals surface area contributed by atoms with E-state index in [0.717, 1.165) is 20.4 Å². The Kier molecular flexibility index (Phi) is 6.11. The zero-order valence-electron chi connectivity index (χ0n) is 16.1. The number of nitrogens with zero attached hydrogens (tertiary/aromatic N) is 1. The highest BCUT2D eigenvalue weighted by Gasteiger charge is 2.22. The molecule has 0 saturated heterocycles. The van der Waals surface area contributed by atoms with Gasteiger partial charge >= 0.3 is 0 Å². The number of ether oxygens (including phenoxy) is 1. The Morgan fingerprint density at radius 2 is 1.93 bits per heavy atom. The maximum absolute atomic E-state index is 14.6. The van der Waals surface area contributed by atoms with Crippen LogP contribution in [0.2, 0.25) is 0 Å². The van der Waals surface area contributed by atoms with Gasteiger partial charge in [0, 0.05) is 22.0 Å². The van der Waals surface area contributed by atoms with Crippen molar-refractivity contribution >= 4 is 48.4 Å². The Morgan fingerprint density at radius 3 is 2.70 bits per heavy atom. The van der Waals surface area contributed by atoms with Crippen LogP contribution in [0.25, 0.3) is 10.2 Å². The van der Waals surface area contributed by atoms with Crippen LogP contribution in [-0.4, -0.2) is 17.9 Å². The number of carbonyl (C=O) groups excluding carboxylic acids is 1. The third-order valence-corrected chi connectivity index (χ3v) is 6.38. The van der Waals surface area contributed by atoms with Gasteiger partial charge in [-0.2, -0.15) is 0 Å². The van der Waals surface area contributed by atoms with E-state index in [0.29, 0.717) is 16.3 Å². The zero-order valence-corrected chi connectivity index (χ0v) is 18.5. The van der Waals surface area contributed by atoms with Crippen LogP contribution in [0.4, 0.5) is 9.52 Å². The van der Waals surface area contributed by atoms with Crippen LogP contribution in [0, 0.1) is 5.82 Å². The van der Waals surface area contributed by atoms with Gasteiger partial charge < -0.3 is 10.1 Å². The number of aromatic nitrogens is 1. The number of nitrogens with one attached hydrogen (secondary N) is 1. The SMILES string of the molecule is COc1ccc2nc(NC(CC(=O)c3ccccc3Br)c3ccccc3F)sc2c1. The summed E-state index contributed by atoms with van der Waals surface area (Å²) < 4.78 is 21.5. The van der Waals surface area contributed by atoms with Crippen molar-refractivity contribution < 1.29 is 13.9 Å². The van der Waals surface area contributed by atoms with Gasteiger partial charge in [-0.05, 0) is 30.3 Å². The Hall–Kier alpha value is -2.77. The summed E-state index contributed by atoms with van der Waals surface area (Å²) >= 11 is 4.86. The van der Waals surface area contributed by atoms with Gasteiger partial charge in [-0.1, -0.05) is 63.7 Å². The summed E-state index contributed by atoms with van der Waals surface area (Å²) in [5.74, 6) is 0.288. The first-order valence-electron chi connectivity index (χ1n) is 9.28. The molecule has 0 aliphatic heterocycles. The molecule has 4 aromatic rings. The third kappa shape index (κ3) is 4.37. The average Bonchev–Trinajstić information content (AvgIpc) is 3.15. The minimum atomic E-state index is -0.562. The number of rotatable bonds is 7. The molecular weight excluding hydrogens is 467 g/mol. The number of ketones is 1. The second-order valence-corrected chi connectivity index (χ2v) is 8.56. The van der Waals surface area contributed by atoms with Crippen LogP contribution >= 0.6 is 27.3 Å². The van der Waals surface area contributed by atoms with Crippen molar-refractivity contribution in [1.29, 1.82) is 0 Å². The third-order valence-electron chi connectivity index (χ3n) is 4.74. The van der Waals surface area contributed by atoms with Crippen molar-refractivity contribution in [2.75, 3.05) is 12.4 Å². The van der Waals surface area contributed by atoms with E-state index in [1.165, 1.54) is 17.4 Å². The van der Waals surface area contributed by atoms with E-state index in [9.17, 15) is 9.18 Å². The maximum Gasteiger partial charge on any atom is 0.184 e. The lowest BCUT2D eigenvalue weighted by Gasteiger charge is -2.19. The summed E-state index contributed by atoms with van der Waals surface area (Å²) in [6, 6.07) is 18.8. The van der Waals surface area contributed by atoms with E-state index in [-0.39, 0.29) is 18.0 Å². The monoisotopic (exact) mass is 484 g/mol. The topological polar surface area (TPSA) is 51.2 Å². The zero-order chi connectivity index (χ0) is 21.1. The lowest BCUT2D eigenvalue weighted by molar-refractivity contribution is 0.0975. The number of halogens is 2. The summed E-state index contributed by atoms with van der Waals surface area (Å²) in [6.45, 7) is 0. The fourth-order valence-electron chi connectivity index (χ4n) is 3.22. The molecule has 0 aliphatic rings. The summed E-state index contributed by atoms with van der Waals surface area (Å²) in [5, 5.41) is 3.89. The number of hydrogen-bond acceptors (Lipinski definition) is 5. The fourth-order valence-corrected chi connectivity index (χ4v) is 4.67. The molecule has 0 saturated carbocycles. The van der Waals surface area contributed by atoms with Gasteiger partial charge in [0.15, 0.2) is 10.9 Å². The number of methoxy groups -OCH3 is 1. The molecule has 1 atom stereocenters. The molecule has 7 heteroatoms. The Labute approximate surface area is 185 Å². The molecule has 1 N–H and O–H groups in total. The summed E-state index contributed by atoms with van der Waals surface area (Å²) in [6.07, 6.45) is 0.0861. The first kappa shape index (κ1) is 20.5. The minimum absolute atomic E-state index is 0.0861. The van der Waals surface area contributed by atoms with Gasteiger partial charge in [-0.3, -0.25) is 4.79 Å². The maximum atomic E-state index is 14.6. The van der Waals surface area contributed by atoms with Crippen LogP contribution in [0.1, 0.15) is 28.4 Å². The largest absolute Gasteiger partial charge is 0.497 e. The van der Waals surface area contributed by atoms with E-state index < -0.39 is 6.04 Å². The Balaban J connectivity index is 1.66. The lowest BCUT2D eigenvalue weighted by Crippen LogP contribution is -2.17. The molecule has 0 bridgehead atoms. The summed E-state index contributed by atoms with van der Waals surface area (Å²) in [7, 11) is 1.61. The van der Waals surface area contributed by atoms with Crippen LogP contribution in [0.5, 0.6) is 5.75 Å². The standard InChI is InChI=1S/C23H18BrFN2O2S/c1-29-14-10-11-19-22(12-14)30-23(26-19)27-20(16-7-3-5-9-18(16)25)13-21(28)15-6-2-4-8-17(15)24/h2-12,20H,13H2,1H3,(H,26,27). The molecule has 4 nitrogen and oxygen atoms in total. The van der Waals surface area contributed by atoms with Crippen molar-refractivity contribution in [2.45, 2.75) is 12.5 Å². The van der Waals surface area contributed by atoms with E-state index in [2.05, 4.69) is 26.2 Å². The predicted octanol–water partition coefficient (Wildman–Crippen LogP) is 6.63. The van der Waals surface area contributed by atoms with Crippen LogP contribution in [0.3, 0.4) is 0 Å². The second kappa shape index (κ2) is 8.93. The van der Waals surface area contributed by atoms with Crippen molar-refractivity contribution in [3.05, 3.63) is 88.1 Å². The molecule has 0 spiro atoms. The van der Waals surface area contributed by atoms with Gasteiger partial charge in [0.05, 0.1) is 23.4 Å². The number of thiazole rings is 1. The number of hydrogen-bond donors (Lipinski definition) is 1. The molecule has 0 radical (unpaired) electrons. The molecule has 4 rings (SSSR count). The predicted molar refractivity (Wildman–Crippen MR) is 122 cm³/mol. The average molecular weight is 485 g/mol. The van der Waals surface area contributed by atoms with Crippen LogP contribution in [-0.2, 0) is 0 Å². The fraction of sp³-hybridized carbons (Fsp3) is 0.130. The lowest BCUT2D eigenvalue weighted by atomic mass is 9.97. The van der Waals surface area contributed by atoms with E-state index in [1.807, 2.05) is 36.4 Å². The normalized spacial score (nSPS) is 12.0. The number of carbonyl (C=O) groups is 1. The minimum Gasteiger partial charge on any atom is -0.497 e. The first-order valence-corrected chi connectivity index (χ1v) is 10.9. The van der Waals surface area contributed by atoms with Crippen LogP contribution < -0.4 is 10.1 Å². The van der Waals surface area contributed by atoms with Gasteiger partial charge in [0.25, 0.3) is 0 Å². The highest BCUT2D eigenvalue weighted by Crippen LogP contribution is 2.33. The molecule has 1 unspecified atom stereocenters. The molecule has 152 valence electrons. The summed E-state index contributed by atoms with van der Waals surface area (Å²) in [4.78, 5) is 17.6. The molecule has 0 amide bonds. The Bertz CT molecular complexity index is 1210. The van der Waals surface area contributed by atoms with Crippen molar-refractivity contribution in [3.63, 3.8) is 0 Å². The van der Waals surface area contributed by atoms with Gasteiger partial charge in [0.2, 0.25) is 0 Å². The highest BCUT2D eigenvalue weighted by atomic mass is 79.9. The number of Topliss-reactive ketones (excluding diaryl/α,β-unsaturated/α-hetero) is 1. The van der Waals surface area contributed by atoms with Gasteiger partial charge in [-0.25, -0.2) is 9.37 Å². The Morgan fingerprint density at radius 1 is 1.17 bits per heavy atom. The van der Waals surface area contributed by atoms with Gasteiger partial charge in [0.1, 0.15) is 11.6 Å². The number of fused-ring (bicyclic) bond motifs is 1. The molecule has 1 heterocycles. The van der Waals surface area contributed by atoms with E-state index >= 15 is 0 Å². The molecule has 0 aliphatic carbocycles. The number of benzene rings is 3. The summed E-state index contributed by atoms with van der Waals surface area (Å²) in [5.41, 5.74) is 1.80. The highest BCUT2D eigenvalue weighted by molar-refractivity contribution is 9.10. The van der Waals surface area contributed by atoms with Crippen molar-refractivity contribution in [3.8, 4) is 5.75 Å². The molecule has 1 aromatic heterocycles. The quantitative estimate of drug-likeness (QED) is 0.299. The second-order valence-electron chi connectivity index (χ2n) is 6.68. The van der Waals surface area contributed by atoms with E-state index in [1.54, 1.807) is 31.4 Å². The van der Waals surface area contributed by atoms with Crippen molar-refractivity contribution in [1.82, 2.24) is 4.98 Å². The molecule has 0 fully saturated rings.